The molecule has 0 spiro atoms. The summed E-state index contributed by atoms with van der Waals surface area (Å²) in [7, 11) is 0. The highest BCUT2D eigenvalue weighted by molar-refractivity contribution is 6.45. The van der Waals surface area contributed by atoms with Crippen LogP contribution in [0.1, 0.15) is 30.6 Å². The van der Waals surface area contributed by atoms with E-state index < -0.39 is 10.9 Å². The molecule has 0 amide bonds. The molecular formula is C18H16N2O5. The van der Waals surface area contributed by atoms with E-state index in [1.54, 1.807) is 43.3 Å². The number of nitro benzene ring substituents is 1. The van der Waals surface area contributed by atoms with Gasteiger partial charge >= 0.3 is 5.97 Å². The molecule has 0 radical (unpaired) electrons. The van der Waals surface area contributed by atoms with Crippen LogP contribution in [0.2, 0.25) is 0 Å². The average Bonchev–Trinajstić information content (AvgIpc) is 2.65. The molecule has 0 atom stereocenters. The Kier molecular flexibility index (Phi) is 5.73. The summed E-state index contributed by atoms with van der Waals surface area (Å²) in [5, 5.41) is 14.2. The fourth-order valence-electron chi connectivity index (χ4n) is 2.02. The van der Waals surface area contributed by atoms with Crippen LogP contribution in [0.4, 0.5) is 5.69 Å². The van der Waals surface area contributed by atoms with Crippen LogP contribution in [0.15, 0.2) is 53.7 Å². The van der Waals surface area contributed by atoms with Crippen LogP contribution in [0.3, 0.4) is 0 Å². The Morgan fingerprint density at radius 3 is 2.04 bits per heavy atom. The van der Waals surface area contributed by atoms with E-state index in [0.717, 1.165) is 11.1 Å². The zero-order valence-electron chi connectivity index (χ0n) is 13.8. The third-order valence-electron chi connectivity index (χ3n) is 3.46. The number of hydrogen-bond acceptors (Lipinski definition) is 6. The Bertz CT molecular complexity index is 824. The molecule has 0 aliphatic rings. The van der Waals surface area contributed by atoms with Crippen molar-refractivity contribution in [3.8, 4) is 11.1 Å². The van der Waals surface area contributed by atoms with E-state index in [-0.39, 0.29) is 23.6 Å². The van der Waals surface area contributed by atoms with Gasteiger partial charge < -0.3 is 4.84 Å². The van der Waals surface area contributed by atoms with Crippen LogP contribution < -0.4 is 0 Å². The quantitative estimate of drug-likeness (QED) is 0.262. The zero-order chi connectivity index (χ0) is 18.4. The summed E-state index contributed by atoms with van der Waals surface area (Å²) >= 11 is 0. The van der Waals surface area contributed by atoms with Crippen LogP contribution >= 0.6 is 0 Å². The van der Waals surface area contributed by atoms with Crippen LogP contribution in [0.25, 0.3) is 11.1 Å². The average molecular weight is 340 g/mol. The number of non-ortho nitro benzene ring substituents is 1. The van der Waals surface area contributed by atoms with Crippen molar-refractivity contribution in [1.29, 1.82) is 0 Å². The van der Waals surface area contributed by atoms with Crippen molar-refractivity contribution in [2.24, 2.45) is 5.16 Å². The van der Waals surface area contributed by atoms with Gasteiger partial charge in [-0.15, -0.1) is 0 Å². The summed E-state index contributed by atoms with van der Waals surface area (Å²) in [5.41, 5.74) is 2.11. The SMILES string of the molecule is CCC(=O)O/N=C(/C)C(=O)c1ccc(-c2ccc([N+](=O)[O-])cc2)cc1. The van der Waals surface area contributed by atoms with Crippen molar-refractivity contribution in [1.82, 2.24) is 0 Å². The molecule has 0 N–H and O–H groups in total. The molecule has 0 aromatic heterocycles. The van der Waals surface area contributed by atoms with Crippen molar-refractivity contribution >= 4 is 23.2 Å². The predicted octanol–water partition coefficient (Wildman–Crippen LogP) is 3.77. The van der Waals surface area contributed by atoms with Gasteiger partial charge in [-0.2, -0.15) is 0 Å². The number of nitro groups is 1. The van der Waals surface area contributed by atoms with Gasteiger partial charge in [0, 0.05) is 24.1 Å². The molecule has 0 aliphatic carbocycles. The molecule has 0 bridgehead atoms. The first kappa shape index (κ1) is 18.0. The normalized spacial score (nSPS) is 11.0. The lowest BCUT2D eigenvalue weighted by Gasteiger charge is -2.04. The smallest absolute Gasteiger partial charge is 0.318 e. The van der Waals surface area contributed by atoms with Gasteiger partial charge in [0.1, 0.15) is 5.71 Å². The van der Waals surface area contributed by atoms with Crippen LogP contribution in [0, 0.1) is 10.1 Å². The number of oxime groups is 1. The number of rotatable bonds is 6. The number of Topliss-reactive ketones (excluding diaryl/α,β-unsaturated/α-hetero) is 1. The summed E-state index contributed by atoms with van der Waals surface area (Å²) in [5.74, 6) is -0.861. The van der Waals surface area contributed by atoms with Gasteiger partial charge in [0.25, 0.3) is 5.69 Å². The predicted molar refractivity (Wildman–Crippen MR) is 92.4 cm³/mol. The molecule has 0 saturated heterocycles. The minimum atomic E-state index is -0.513. The summed E-state index contributed by atoms with van der Waals surface area (Å²) in [4.78, 5) is 38.1. The summed E-state index contributed by atoms with van der Waals surface area (Å²) in [6.07, 6.45) is 0.176. The van der Waals surface area contributed by atoms with Crippen LogP contribution in [-0.2, 0) is 9.63 Å². The van der Waals surface area contributed by atoms with E-state index in [0.29, 0.717) is 5.56 Å². The number of nitrogens with zero attached hydrogens (tertiary/aromatic N) is 2. The monoisotopic (exact) mass is 340 g/mol. The standard InChI is InChI=1S/C18H16N2O5/c1-3-17(21)25-19-12(2)18(22)15-6-4-13(5-7-15)14-8-10-16(11-9-14)20(23)24/h4-11H,3H2,1-2H3/b19-12-. The highest BCUT2D eigenvalue weighted by Crippen LogP contribution is 2.23. The maximum atomic E-state index is 12.2. The minimum Gasteiger partial charge on any atom is -0.318 e. The Balaban J connectivity index is 2.14. The number of benzene rings is 2. The van der Waals surface area contributed by atoms with Gasteiger partial charge in [-0.1, -0.05) is 36.3 Å². The molecular weight excluding hydrogens is 324 g/mol. The maximum Gasteiger partial charge on any atom is 0.334 e. The van der Waals surface area contributed by atoms with Gasteiger partial charge in [-0.3, -0.25) is 14.9 Å². The van der Waals surface area contributed by atoms with Gasteiger partial charge in [0.15, 0.2) is 0 Å². The molecule has 2 rings (SSSR count). The lowest BCUT2D eigenvalue weighted by molar-refractivity contribution is -0.384. The lowest BCUT2D eigenvalue weighted by atomic mass is 10.0. The molecule has 0 aliphatic heterocycles. The van der Waals surface area contributed by atoms with E-state index in [2.05, 4.69) is 9.99 Å². The molecule has 2 aromatic rings. The largest absolute Gasteiger partial charge is 0.334 e. The van der Waals surface area contributed by atoms with E-state index in [9.17, 15) is 19.7 Å². The molecule has 128 valence electrons. The van der Waals surface area contributed by atoms with E-state index in [4.69, 9.17) is 0 Å². The van der Waals surface area contributed by atoms with E-state index in [1.807, 2.05) is 0 Å². The van der Waals surface area contributed by atoms with E-state index >= 15 is 0 Å². The highest BCUT2D eigenvalue weighted by Gasteiger charge is 2.12. The topological polar surface area (TPSA) is 98.9 Å². The molecule has 25 heavy (non-hydrogen) atoms. The number of ketones is 1. The first-order valence-corrected chi connectivity index (χ1v) is 7.56. The Morgan fingerprint density at radius 2 is 1.56 bits per heavy atom. The molecule has 2 aromatic carbocycles. The van der Waals surface area contributed by atoms with Crippen molar-refractivity contribution in [3.05, 3.63) is 64.2 Å². The fourth-order valence-corrected chi connectivity index (χ4v) is 2.02. The Labute approximate surface area is 144 Å². The number of carbonyl (C=O) groups is 2. The Hall–Kier alpha value is -3.35. The second-order valence-corrected chi connectivity index (χ2v) is 5.20. The zero-order valence-corrected chi connectivity index (χ0v) is 13.8. The third kappa shape index (κ3) is 4.57. The Morgan fingerprint density at radius 1 is 1.04 bits per heavy atom. The molecule has 0 saturated carbocycles. The van der Waals surface area contributed by atoms with Crippen molar-refractivity contribution < 1.29 is 19.3 Å². The highest BCUT2D eigenvalue weighted by atomic mass is 16.7. The summed E-state index contributed by atoms with van der Waals surface area (Å²) in [6, 6.07) is 12.9. The van der Waals surface area contributed by atoms with Crippen molar-refractivity contribution in [3.63, 3.8) is 0 Å². The fraction of sp³-hybridized carbons (Fsp3) is 0.167. The molecule has 0 unspecified atom stereocenters. The minimum absolute atomic E-state index is 0.0176. The second-order valence-electron chi connectivity index (χ2n) is 5.20. The molecule has 0 fully saturated rings. The van der Waals surface area contributed by atoms with Crippen LogP contribution in [0.5, 0.6) is 0 Å². The van der Waals surface area contributed by atoms with Gasteiger partial charge in [0.2, 0.25) is 5.78 Å². The van der Waals surface area contributed by atoms with Gasteiger partial charge in [-0.25, -0.2) is 4.79 Å². The van der Waals surface area contributed by atoms with E-state index in [1.165, 1.54) is 19.1 Å². The molecule has 7 nitrogen and oxygen atoms in total. The first-order chi connectivity index (χ1) is 11.9. The van der Waals surface area contributed by atoms with Crippen LogP contribution in [-0.4, -0.2) is 22.4 Å². The summed E-state index contributed by atoms with van der Waals surface area (Å²) < 4.78 is 0. The molecule has 0 heterocycles. The van der Waals surface area contributed by atoms with Crippen molar-refractivity contribution in [2.45, 2.75) is 20.3 Å². The summed E-state index contributed by atoms with van der Waals surface area (Å²) in [6.45, 7) is 3.10. The molecule has 7 heteroatoms. The third-order valence-corrected chi connectivity index (χ3v) is 3.46. The van der Waals surface area contributed by atoms with Gasteiger partial charge in [0.05, 0.1) is 4.92 Å². The number of hydrogen-bond donors (Lipinski definition) is 0. The second kappa shape index (κ2) is 7.96. The first-order valence-electron chi connectivity index (χ1n) is 7.56. The maximum absolute atomic E-state index is 12.2. The van der Waals surface area contributed by atoms with Crippen molar-refractivity contribution in [2.75, 3.05) is 0 Å². The van der Waals surface area contributed by atoms with Gasteiger partial charge in [-0.05, 0) is 30.2 Å². The number of carbonyl (C=O) groups excluding carboxylic acids is 2. The lowest BCUT2D eigenvalue weighted by Crippen LogP contribution is -2.12.